The van der Waals surface area contributed by atoms with Crippen LogP contribution >= 0.6 is 23.2 Å². The van der Waals surface area contributed by atoms with Crippen LogP contribution in [0, 0.1) is 0 Å². The Morgan fingerprint density at radius 3 is 2.16 bits per heavy atom. The Hall–Kier alpha value is -2.10. The molecule has 0 fully saturated rings. The lowest BCUT2D eigenvalue weighted by molar-refractivity contribution is -0.129. The van der Waals surface area contributed by atoms with E-state index < -0.39 is 5.97 Å². The van der Waals surface area contributed by atoms with Crippen molar-refractivity contribution in [3.8, 4) is 0 Å². The average Bonchev–Trinajstić information content (AvgIpc) is 2.91. The van der Waals surface area contributed by atoms with Gasteiger partial charge in [0, 0.05) is 21.2 Å². The zero-order valence-corrected chi connectivity index (χ0v) is 15.7. The predicted molar refractivity (Wildman–Crippen MR) is 102 cm³/mol. The first kappa shape index (κ1) is 17.7. The van der Waals surface area contributed by atoms with E-state index in [-0.39, 0.29) is 17.0 Å². The second-order valence-electron chi connectivity index (χ2n) is 6.80. The molecule has 128 valence electrons. The maximum absolute atomic E-state index is 12.1. The molecule has 0 saturated carbocycles. The number of benzene rings is 2. The van der Waals surface area contributed by atoms with Crippen molar-refractivity contribution in [3.05, 3.63) is 74.9 Å². The molecule has 1 aliphatic rings. The smallest absolute Gasteiger partial charge is 0.363 e. The molecule has 0 radical (unpaired) electrons. The van der Waals surface area contributed by atoms with Gasteiger partial charge in [-0.25, -0.2) is 9.79 Å². The van der Waals surface area contributed by atoms with Crippen LogP contribution in [0.25, 0.3) is 6.08 Å². The lowest BCUT2D eigenvalue weighted by Gasteiger charge is -2.18. The maximum Gasteiger partial charge on any atom is 0.363 e. The van der Waals surface area contributed by atoms with E-state index in [1.54, 1.807) is 24.3 Å². The molecule has 0 spiro atoms. The summed E-state index contributed by atoms with van der Waals surface area (Å²) < 4.78 is 5.29. The van der Waals surface area contributed by atoms with Crippen molar-refractivity contribution < 1.29 is 9.53 Å². The summed E-state index contributed by atoms with van der Waals surface area (Å²) in [5.41, 5.74) is 2.71. The summed E-state index contributed by atoms with van der Waals surface area (Å²) in [5.74, 6) is -0.245. The van der Waals surface area contributed by atoms with E-state index in [1.165, 1.54) is 5.56 Å². The number of halogens is 2. The van der Waals surface area contributed by atoms with Gasteiger partial charge in [-0.3, -0.25) is 0 Å². The minimum Gasteiger partial charge on any atom is -0.402 e. The molecule has 0 amide bonds. The summed E-state index contributed by atoms with van der Waals surface area (Å²) in [7, 11) is 0. The number of esters is 1. The van der Waals surface area contributed by atoms with Crippen LogP contribution < -0.4 is 0 Å². The molecule has 2 aromatic carbocycles. The van der Waals surface area contributed by atoms with E-state index in [0.717, 1.165) is 5.56 Å². The summed E-state index contributed by atoms with van der Waals surface area (Å²) in [4.78, 5) is 16.4. The van der Waals surface area contributed by atoms with Crippen LogP contribution in [0.4, 0.5) is 0 Å². The van der Waals surface area contributed by atoms with E-state index in [1.807, 2.05) is 24.3 Å². The highest BCUT2D eigenvalue weighted by Gasteiger charge is 2.25. The molecule has 25 heavy (non-hydrogen) atoms. The summed E-state index contributed by atoms with van der Waals surface area (Å²) in [6.45, 7) is 6.43. The quantitative estimate of drug-likeness (QED) is 0.504. The number of carbonyl (C=O) groups is 1. The molecular formula is C20H17Cl2NO2. The SMILES string of the molecule is CC(C)(C)c1ccc(C2=NC(=Cc3c(Cl)cccc3Cl)C(=O)O2)cc1. The molecule has 3 nitrogen and oxygen atoms in total. The maximum atomic E-state index is 12.1. The van der Waals surface area contributed by atoms with Crippen LogP contribution in [0.5, 0.6) is 0 Å². The Bertz CT molecular complexity index is 871. The molecule has 0 atom stereocenters. The molecule has 0 N–H and O–H groups in total. The molecule has 0 bridgehead atoms. The summed E-state index contributed by atoms with van der Waals surface area (Å²) in [5, 5.41) is 0.900. The first-order valence-electron chi connectivity index (χ1n) is 7.83. The second-order valence-corrected chi connectivity index (χ2v) is 7.61. The Balaban J connectivity index is 1.94. The summed E-state index contributed by atoms with van der Waals surface area (Å²) in [6.07, 6.45) is 1.55. The van der Waals surface area contributed by atoms with Gasteiger partial charge in [-0.05, 0) is 41.3 Å². The van der Waals surface area contributed by atoms with E-state index >= 15 is 0 Å². The fourth-order valence-corrected chi connectivity index (χ4v) is 2.94. The van der Waals surface area contributed by atoms with E-state index in [0.29, 0.717) is 15.6 Å². The molecule has 1 heterocycles. The van der Waals surface area contributed by atoms with Crippen molar-refractivity contribution in [1.82, 2.24) is 0 Å². The monoisotopic (exact) mass is 373 g/mol. The first-order valence-corrected chi connectivity index (χ1v) is 8.59. The van der Waals surface area contributed by atoms with Crippen molar-refractivity contribution in [2.75, 3.05) is 0 Å². The molecule has 3 rings (SSSR count). The zero-order chi connectivity index (χ0) is 18.2. The van der Waals surface area contributed by atoms with Gasteiger partial charge >= 0.3 is 5.97 Å². The van der Waals surface area contributed by atoms with Gasteiger partial charge < -0.3 is 4.74 Å². The highest BCUT2D eigenvalue weighted by Crippen LogP contribution is 2.29. The third-order valence-electron chi connectivity index (χ3n) is 3.90. The second kappa shape index (κ2) is 6.66. The van der Waals surface area contributed by atoms with Gasteiger partial charge in [0.1, 0.15) is 0 Å². The number of carbonyl (C=O) groups excluding carboxylic acids is 1. The highest BCUT2D eigenvalue weighted by atomic mass is 35.5. The van der Waals surface area contributed by atoms with Gasteiger partial charge in [0.05, 0.1) is 0 Å². The molecule has 0 aliphatic carbocycles. The molecule has 1 aliphatic heterocycles. The van der Waals surface area contributed by atoms with Crippen LogP contribution in [-0.2, 0) is 14.9 Å². The third kappa shape index (κ3) is 3.78. The van der Waals surface area contributed by atoms with Gasteiger partial charge in [-0.1, -0.05) is 62.2 Å². The standard InChI is InChI=1S/C20H17Cl2NO2/c1-20(2,3)13-9-7-12(8-10-13)18-23-17(19(24)25-18)11-14-15(21)5-4-6-16(14)22/h4-11H,1-3H3. The van der Waals surface area contributed by atoms with E-state index in [4.69, 9.17) is 27.9 Å². The van der Waals surface area contributed by atoms with Crippen LogP contribution in [0.15, 0.2) is 53.2 Å². The number of aliphatic imine (C=N–C) groups is 1. The number of nitrogens with zero attached hydrogens (tertiary/aromatic N) is 1. The van der Waals surface area contributed by atoms with Gasteiger partial charge in [-0.15, -0.1) is 0 Å². The molecule has 0 saturated heterocycles. The van der Waals surface area contributed by atoms with Crippen molar-refractivity contribution in [2.24, 2.45) is 4.99 Å². The van der Waals surface area contributed by atoms with Crippen LogP contribution in [0.1, 0.15) is 37.5 Å². The number of hydrogen-bond donors (Lipinski definition) is 0. The summed E-state index contributed by atoms with van der Waals surface area (Å²) in [6, 6.07) is 13.0. The molecule has 0 unspecified atom stereocenters. The fourth-order valence-electron chi connectivity index (χ4n) is 2.43. The van der Waals surface area contributed by atoms with Gasteiger partial charge in [0.25, 0.3) is 0 Å². The van der Waals surface area contributed by atoms with Crippen molar-refractivity contribution in [1.29, 1.82) is 0 Å². The Labute approximate surface area is 156 Å². The largest absolute Gasteiger partial charge is 0.402 e. The van der Waals surface area contributed by atoms with E-state index in [2.05, 4.69) is 25.8 Å². The van der Waals surface area contributed by atoms with Crippen LogP contribution in [-0.4, -0.2) is 11.9 Å². The van der Waals surface area contributed by atoms with E-state index in [9.17, 15) is 4.79 Å². The van der Waals surface area contributed by atoms with Gasteiger partial charge in [0.15, 0.2) is 5.70 Å². The number of ether oxygens (including phenoxy) is 1. The topological polar surface area (TPSA) is 38.7 Å². The summed E-state index contributed by atoms with van der Waals surface area (Å²) >= 11 is 12.3. The number of cyclic esters (lactones) is 1. The number of rotatable bonds is 2. The van der Waals surface area contributed by atoms with Gasteiger partial charge in [0.2, 0.25) is 5.90 Å². The molecule has 5 heteroatoms. The Morgan fingerprint density at radius 2 is 1.60 bits per heavy atom. The number of hydrogen-bond acceptors (Lipinski definition) is 3. The average molecular weight is 374 g/mol. The minimum absolute atomic E-state index is 0.0541. The normalized spacial score (nSPS) is 16.1. The molecular weight excluding hydrogens is 357 g/mol. The molecule has 2 aromatic rings. The van der Waals surface area contributed by atoms with Crippen molar-refractivity contribution >= 4 is 41.1 Å². The van der Waals surface area contributed by atoms with Crippen LogP contribution in [0.3, 0.4) is 0 Å². The lowest BCUT2D eigenvalue weighted by Crippen LogP contribution is -2.11. The lowest BCUT2D eigenvalue weighted by atomic mass is 9.87. The highest BCUT2D eigenvalue weighted by molar-refractivity contribution is 6.37. The zero-order valence-electron chi connectivity index (χ0n) is 14.1. The van der Waals surface area contributed by atoms with Crippen LogP contribution in [0.2, 0.25) is 10.0 Å². The fraction of sp³-hybridized carbons (Fsp3) is 0.200. The van der Waals surface area contributed by atoms with Crippen molar-refractivity contribution in [2.45, 2.75) is 26.2 Å². The predicted octanol–water partition coefficient (Wildman–Crippen LogP) is 5.64. The third-order valence-corrected chi connectivity index (χ3v) is 4.56. The van der Waals surface area contributed by atoms with Crippen molar-refractivity contribution in [3.63, 3.8) is 0 Å². The Morgan fingerprint density at radius 1 is 1.00 bits per heavy atom. The molecule has 0 aromatic heterocycles. The Kier molecular flexibility index (Phi) is 4.72. The van der Waals surface area contributed by atoms with Gasteiger partial charge in [-0.2, -0.15) is 0 Å². The minimum atomic E-state index is -0.522. The first-order chi connectivity index (χ1) is 11.8.